The molecule has 4 heteroatoms. The topological polar surface area (TPSA) is 19.0 Å². The number of nitrogens with zero attached hydrogens (tertiary/aromatic N) is 3. The standard InChI is InChI=1S/C9H19N3O/c1-7-8(2)12(9(3)13-6)11(5)10(7)4/h9H,1-6H3. The highest BCUT2D eigenvalue weighted by molar-refractivity contribution is 5.10. The summed E-state index contributed by atoms with van der Waals surface area (Å²) >= 11 is 0. The van der Waals surface area contributed by atoms with E-state index >= 15 is 0 Å². The van der Waals surface area contributed by atoms with Gasteiger partial charge in [-0.3, -0.25) is 10.0 Å². The van der Waals surface area contributed by atoms with E-state index in [0.29, 0.717) is 0 Å². The molecular formula is C9H19N3O. The fourth-order valence-electron chi connectivity index (χ4n) is 1.59. The predicted molar refractivity (Wildman–Crippen MR) is 52.2 cm³/mol. The summed E-state index contributed by atoms with van der Waals surface area (Å²) in [6, 6.07) is 0. The van der Waals surface area contributed by atoms with E-state index in [0.717, 1.165) is 0 Å². The Kier molecular flexibility index (Phi) is 2.83. The fourth-order valence-corrected chi connectivity index (χ4v) is 1.59. The Morgan fingerprint density at radius 3 is 2.00 bits per heavy atom. The third kappa shape index (κ3) is 1.51. The van der Waals surface area contributed by atoms with Gasteiger partial charge in [0.1, 0.15) is 6.23 Å². The van der Waals surface area contributed by atoms with Gasteiger partial charge in [0.25, 0.3) is 0 Å². The summed E-state index contributed by atoms with van der Waals surface area (Å²) in [7, 11) is 5.79. The second-order valence-corrected chi connectivity index (χ2v) is 3.36. The summed E-state index contributed by atoms with van der Waals surface area (Å²) in [5.41, 5.74) is 2.49. The molecule has 0 aromatic heterocycles. The molecule has 1 heterocycles. The van der Waals surface area contributed by atoms with Crippen LogP contribution in [0.15, 0.2) is 11.4 Å². The third-order valence-corrected chi connectivity index (χ3v) is 2.78. The lowest BCUT2D eigenvalue weighted by atomic mass is 10.3. The number of hydrogen-bond acceptors (Lipinski definition) is 4. The lowest BCUT2D eigenvalue weighted by molar-refractivity contribution is -0.165. The van der Waals surface area contributed by atoms with Crippen molar-refractivity contribution in [3.8, 4) is 0 Å². The summed E-state index contributed by atoms with van der Waals surface area (Å²) in [6.07, 6.45) is 0.0740. The molecule has 4 nitrogen and oxygen atoms in total. The van der Waals surface area contributed by atoms with Crippen LogP contribution in [0, 0.1) is 0 Å². The van der Waals surface area contributed by atoms with Crippen molar-refractivity contribution in [3.05, 3.63) is 11.4 Å². The number of methoxy groups -OCH3 is 1. The molecule has 0 saturated carbocycles. The van der Waals surface area contributed by atoms with E-state index < -0.39 is 0 Å². The summed E-state index contributed by atoms with van der Waals surface area (Å²) in [4.78, 5) is 0. The zero-order chi connectivity index (χ0) is 10.2. The molecule has 0 fully saturated rings. The number of rotatable bonds is 2. The van der Waals surface area contributed by atoms with E-state index in [1.807, 2.05) is 21.0 Å². The molecule has 0 aromatic rings. The van der Waals surface area contributed by atoms with Crippen LogP contribution in [0.1, 0.15) is 20.8 Å². The normalized spacial score (nSPS) is 21.7. The zero-order valence-electron chi connectivity index (χ0n) is 9.33. The van der Waals surface area contributed by atoms with E-state index in [1.54, 1.807) is 7.11 Å². The molecule has 1 aliphatic heterocycles. The lowest BCUT2D eigenvalue weighted by Gasteiger charge is -2.35. The molecule has 13 heavy (non-hydrogen) atoms. The van der Waals surface area contributed by atoms with Crippen molar-refractivity contribution in [2.24, 2.45) is 0 Å². The SMILES string of the molecule is COC(C)N1C(C)=C(C)N(C)N1C. The molecule has 0 N–H and O–H groups in total. The molecule has 1 atom stereocenters. The molecule has 1 unspecified atom stereocenters. The predicted octanol–water partition coefficient (Wildman–Crippen LogP) is 1.24. The maximum atomic E-state index is 5.30. The Labute approximate surface area is 80.3 Å². The molecule has 0 radical (unpaired) electrons. The molecule has 0 amide bonds. The molecule has 0 bridgehead atoms. The lowest BCUT2D eigenvalue weighted by Crippen LogP contribution is -2.46. The minimum atomic E-state index is 0.0740. The van der Waals surface area contributed by atoms with Crippen LogP contribution < -0.4 is 0 Å². The van der Waals surface area contributed by atoms with Crippen molar-refractivity contribution in [1.82, 2.24) is 15.1 Å². The average Bonchev–Trinajstić information content (AvgIpc) is 2.30. The van der Waals surface area contributed by atoms with Crippen LogP contribution >= 0.6 is 0 Å². The van der Waals surface area contributed by atoms with Crippen LogP contribution in [-0.2, 0) is 4.74 Å². The molecule has 0 saturated heterocycles. The second kappa shape index (κ2) is 3.55. The van der Waals surface area contributed by atoms with Gasteiger partial charge >= 0.3 is 0 Å². The minimum Gasteiger partial charge on any atom is -0.360 e. The van der Waals surface area contributed by atoms with Gasteiger partial charge in [-0.25, -0.2) is 0 Å². The van der Waals surface area contributed by atoms with Gasteiger partial charge in [-0.05, 0) is 20.8 Å². The molecule has 0 aliphatic carbocycles. The quantitative estimate of drug-likeness (QED) is 0.644. The first-order chi connectivity index (χ1) is 6.00. The highest BCUT2D eigenvalue weighted by atomic mass is 16.5. The number of hydrogen-bond donors (Lipinski definition) is 0. The number of ether oxygens (including phenoxy) is 1. The van der Waals surface area contributed by atoms with Gasteiger partial charge in [0.15, 0.2) is 0 Å². The van der Waals surface area contributed by atoms with Gasteiger partial charge in [-0.1, -0.05) is 0 Å². The Hall–Kier alpha value is -0.740. The van der Waals surface area contributed by atoms with Crippen LogP contribution in [0.5, 0.6) is 0 Å². The van der Waals surface area contributed by atoms with Crippen molar-refractivity contribution in [2.75, 3.05) is 21.2 Å². The van der Waals surface area contributed by atoms with E-state index in [9.17, 15) is 0 Å². The first-order valence-electron chi connectivity index (χ1n) is 4.47. The van der Waals surface area contributed by atoms with Gasteiger partial charge in [-0.15, -0.1) is 5.12 Å². The summed E-state index contributed by atoms with van der Waals surface area (Å²) in [6.45, 7) is 6.24. The van der Waals surface area contributed by atoms with Crippen molar-refractivity contribution in [3.63, 3.8) is 0 Å². The Balaban J connectivity index is 2.88. The third-order valence-electron chi connectivity index (χ3n) is 2.78. The molecule has 1 rings (SSSR count). The van der Waals surface area contributed by atoms with E-state index in [2.05, 4.69) is 29.0 Å². The van der Waals surface area contributed by atoms with E-state index in [1.165, 1.54) is 11.4 Å². The molecule has 1 aliphatic rings. The van der Waals surface area contributed by atoms with Crippen LogP contribution in [-0.4, -0.2) is 42.6 Å². The molecular weight excluding hydrogens is 166 g/mol. The summed E-state index contributed by atoms with van der Waals surface area (Å²) < 4.78 is 5.30. The first kappa shape index (κ1) is 10.3. The van der Waals surface area contributed by atoms with Gasteiger partial charge in [0.2, 0.25) is 0 Å². The van der Waals surface area contributed by atoms with E-state index in [-0.39, 0.29) is 6.23 Å². The largest absolute Gasteiger partial charge is 0.360 e. The average molecular weight is 185 g/mol. The van der Waals surface area contributed by atoms with Crippen molar-refractivity contribution in [2.45, 2.75) is 27.0 Å². The first-order valence-corrected chi connectivity index (χ1v) is 4.47. The Bertz CT molecular complexity index is 227. The van der Waals surface area contributed by atoms with Crippen LogP contribution in [0.2, 0.25) is 0 Å². The van der Waals surface area contributed by atoms with E-state index in [4.69, 9.17) is 4.74 Å². The van der Waals surface area contributed by atoms with Gasteiger partial charge < -0.3 is 4.74 Å². The number of allylic oxidation sites excluding steroid dienone is 2. The highest BCUT2D eigenvalue weighted by Gasteiger charge is 2.29. The summed E-state index contributed by atoms with van der Waals surface area (Å²) in [5.74, 6) is 0. The minimum absolute atomic E-state index is 0.0740. The molecule has 0 aromatic carbocycles. The van der Waals surface area contributed by atoms with Gasteiger partial charge in [0.05, 0.1) is 5.70 Å². The molecule has 76 valence electrons. The fraction of sp³-hybridized carbons (Fsp3) is 0.778. The van der Waals surface area contributed by atoms with Crippen LogP contribution in [0.3, 0.4) is 0 Å². The summed E-state index contributed by atoms with van der Waals surface area (Å²) in [5, 5.41) is 6.28. The van der Waals surface area contributed by atoms with Gasteiger partial charge in [-0.2, -0.15) is 0 Å². The smallest absolute Gasteiger partial charge is 0.142 e. The van der Waals surface area contributed by atoms with Crippen molar-refractivity contribution in [1.29, 1.82) is 0 Å². The van der Waals surface area contributed by atoms with Crippen molar-refractivity contribution >= 4 is 0 Å². The Morgan fingerprint density at radius 1 is 1.15 bits per heavy atom. The van der Waals surface area contributed by atoms with Crippen molar-refractivity contribution < 1.29 is 4.74 Å². The maximum Gasteiger partial charge on any atom is 0.142 e. The van der Waals surface area contributed by atoms with Crippen LogP contribution in [0.4, 0.5) is 0 Å². The monoisotopic (exact) mass is 185 g/mol. The maximum absolute atomic E-state index is 5.30. The Morgan fingerprint density at radius 2 is 1.69 bits per heavy atom. The van der Waals surface area contributed by atoms with Crippen LogP contribution in [0.25, 0.3) is 0 Å². The number of hydrazine groups is 2. The second-order valence-electron chi connectivity index (χ2n) is 3.36. The highest BCUT2D eigenvalue weighted by Crippen LogP contribution is 2.26. The zero-order valence-corrected chi connectivity index (χ0v) is 9.33. The van der Waals surface area contributed by atoms with Gasteiger partial charge in [0, 0.05) is 26.9 Å². The molecule has 0 spiro atoms.